The van der Waals surface area contributed by atoms with Crippen LogP contribution in [0.25, 0.3) is 0 Å². The number of hydrogen-bond acceptors (Lipinski definition) is 3. The van der Waals surface area contributed by atoms with Gasteiger partial charge in [0.25, 0.3) is 0 Å². The second-order valence-corrected chi connectivity index (χ2v) is 6.74. The number of allylic oxidation sites excluding steroid dienone is 2. The normalized spacial score (nSPS) is 39.7. The van der Waals surface area contributed by atoms with Gasteiger partial charge in [0.1, 0.15) is 5.76 Å². The van der Waals surface area contributed by atoms with Gasteiger partial charge in [0.15, 0.2) is 11.5 Å². The van der Waals surface area contributed by atoms with Gasteiger partial charge in [0, 0.05) is 31.3 Å². The first-order valence-electron chi connectivity index (χ1n) is 6.63. The van der Waals surface area contributed by atoms with Gasteiger partial charge in [-0.05, 0) is 24.2 Å². The summed E-state index contributed by atoms with van der Waals surface area (Å²) in [7, 11) is 0. The number of nitrogens with two attached hydrogens (primary N) is 1. The molecule has 0 unspecified atom stereocenters. The van der Waals surface area contributed by atoms with Crippen molar-refractivity contribution in [2.24, 2.45) is 17.1 Å². The van der Waals surface area contributed by atoms with Gasteiger partial charge in [-0.3, -0.25) is 10.5 Å². The number of Topliss-reactive ketones (excluding diaryl/α,β-unsaturated/α-hetero) is 1. The van der Waals surface area contributed by atoms with Gasteiger partial charge in [-0.15, -0.1) is 0 Å². The highest BCUT2D eigenvalue weighted by Crippen LogP contribution is 2.49. The number of ketones is 1. The molecule has 2 atom stereocenters. The van der Waals surface area contributed by atoms with Crippen LogP contribution in [0.1, 0.15) is 52.4 Å². The third-order valence-electron chi connectivity index (χ3n) is 4.36. The van der Waals surface area contributed by atoms with Crippen molar-refractivity contribution < 1.29 is 9.53 Å². The van der Waals surface area contributed by atoms with Gasteiger partial charge >= 0.3 is 0 Å². The van der Waals surface area contributed by atoms with Crippen LogP contribution in [-0.4, -0.2) is 11.5 Å². The van der Waals surface area contributed by atoms with Crippen LogP contribution >= 0.6 is 0 Å². The van der Waals surface area contributed by atoms with E-state index in [1.807, 2.05) is 0 Å². The summed E-state index contributed by atoms with van der Waals surface area (Å²) in [4.78, 5) is 12.3. The summed E-state index contributed by atoms with van der Waals surface area (Å²) in [6, 6.07) is 0. The van der Waals surface area contributed by atoms with Crippen molar-refractivity contribution in [3.05, 3.63) is 11.3 Å². The summed E-state index contributed by atoms with van der Waals surface area (Å²) in [6.45, 7) is 4.26. The Bertz CT molecular complexity index is 410. The first-order chi connectivity index (χ1) is 7.89. The Balaban J connectivity index is 2.02. The predicted octanol–water partition coefficient (Wildman–Crippen LogP) is 2.51. The van der Waals surface area contributed by atoms with Crippen LogP contribution in [0.2, 0.25) is 0 Å². The van der Waals surface area contributed by atoms with Crippen LogP contribution in [-0.2, 0) is 9.53 Å². The van der Waals surface area contributed by atoms with E-state index in [1.54, 1.807) is 0 Å². The van der Waals surface area contributed by atoms with E-state index < -0.39 is 5.72 Å². The molecule has 1 aliphatic heterocycles. The molecule has 0 aromatic carbocycles. The molecule has 1 saturated carbocycles. The Hall–Kier alpha value is -0.830. The number of carbonyl (C=O) groups excluding carboxylic acids is 1. The zero-order valence-corrected chi connectivity index (χ0v) is 10.7. The van der Waals surface area contributed by atoms with Gasteiger partial charge < -0.3 is 4.74 Å². The summed E-state index contributed by atoms with van der Waals surface area (Å²) in [5, 5.41) is 0. The Kier molecular flexibility index (Phi) is 2.22. The lowest BCUT2D eigenvalue weighted by molar-refractivity contribution is -0.124. The molecule has 2 bridgehead atoms. The van der Waals surface area contributed by atoms with Gasteiger partial charge in [0.05, 0.1) is 0 Å². The highest BCUT2D eigenvalue weighted by atomic mass is 16.5. The lowest BCUT2D eigenvalue weighted by Gasteiger charge is -2.47. The Labute approximate surface area is 102 Å². The van der Waals surface area contributed by atoms with E-state index in [1.165, 1.54) is 0 Å². The number of hydrogen-bond donors (Lipinski definition) is 1. The van der Waals surface area contributed by atoms with Crippen molar-refractivity contribution in [1.29, 1.82) is 0 Å². The molecule has 0 saturated heterocycles. The number of carbonyl (C=O) groups is 1. The van der Waals surface area contributed by atoms with E-state index in [2.05, 4.69) is 13.8 Å². The maximum atomic E-state index is 12.3. The van der Waals surface area contributed by atoms with E-state index in [0.29, 0.717) is 18.1 Å². The molecule has 2 N–H and O–H groups in total. The van der Waals surface area contributed by atoms with Crippen LogP contribution in [0.4, 0.5) is 0 Å². The molecule has 0 radical (unpaired) electrons. The van der Waals surface area contributed by atoms with Crippen molar-refractivity contribution in [3.8, 4) is 0 Å². The van der Waals surface area contributed by atoms with E-state index in [0.717, 1.165) is 43.4 Å². The second kappa shape index (κ2) is 3.35. The van der Waals surface area contributed by atoms with E-state index in [4.69, 9.17) is 10.5 Å². The summed E-state index contributed by atoms with van der Waals surface area (Å²) >= 11 is 0. The largest absolute Gasteiger partial charge is 0.477 e. The van der Waals surface area contributed by atoms with Crippen molar-refractivity contribution in [2.75, 3.05) is 0 Å². The van der Waals surface area contributed by atoms with E-state index >= 15 is 0 Å². The third-order valence-corrected chi connectivity index (χ3v) is 4.36. The number of ether oxygens (including phenoxy) is 1. The van der Waals surface area contributed by atoms with Crippen LogP contribution < -0.4 is 5.73 Å². The molecular formula is C14H21NO2. The van der Waals surface area contributed by atoms with Crippen LogP contribution in [0.3, 0.4) is 0 Å². The minimum atomic E-state index is -0.491. The van der Waals surface area contributed by atoms with Crippen molar-refractivity contribution in [2.45, 2.75) is 58.1 Å². The molecule has 3 aliphatic rings. The van der Waals surface area contributed by atoms with Gasteiger partial charge in [-0.1, -0.05) is 13.8 Å². The zero-order valence-electron chi connectivity index (χ0n) is 10.7. The number of rotatable bonds is 0. The minimum absolute atomic E-state index is 0.0257. The van der Waals surface area contributed by atoms with Crippen molar-refractivity contribution in [1.82, 2.24) is 0 Å². The molecular weight excluding hydrogens is 214 g/mol. The summed E-state index contributed by atoms with van der Waals surface area (Å²) in [5.74, 6) is 1.57. The quantitative estimate of drug-likeness (QED) is 0.702. The minimum Gasteiger partial charge on any atom is -0.477 e. The molecule has 0 aromatic rings. The molecule has 3 nitrogen and oxygen atoms in total. The van der Waals surface area contributed by atoms with Crippen molar-refractivity contribution >= 4 is 5.78 Å². The molecule has 3 rings (SSSR count). The van der Waals surface area contributed by atoms with Gasteiger partial charge in [-0.2, -0.15) is 0 Å². The molecule has 0 amide bonds. The molecule has 1 fully saturated rings. The Morgan fingerprint density at radius 3 is 2.88 bits per heavy atom. The molecule has 0 spiro atoms. The maximum absolute atomic E-state index is 12.3. The van der Waals surface area contributed by atoms with Crippen LogP contribution in [0.5, 0.6) is 0 Å². The van der Waals surface area contributed by atoms with Crippen LogP contribution in [0, 0.1) is 11.3 Å². The average Bonchev–Trinajstić information content (AvgIpc) is 2.12. The third kappa shape index (κ3) is 1.81. The monoisotopic (exact) mass is 235 g/mol. The standard InChI is InChI=1S/C14H21NO2/c1-13(2)7-10(16)12-9-4-3-5-14(15,6-9)17-11(12)8-13/h9H,3-8,15H2,1-2H3/t9-,14+/m0/s1. The highest BCUT2D eigenvalue weighted by molar-refractivity contribution is 5.97. The van der Waals surface area contributed by atoms with Crippen LogP contribution in [0.15, 0.2) is 11.3 Å². The zero-order chi connectivity index (χ0) is 12.3. The average molecular weight is 235 g/mol. The molecule has 1 heterocycles. The molecule has 17 heavy (non-hydrogen) atoms. The summed E-state index contributed by atoms with van der Waals surface area (Å²) < 4.78 is 5.99. The smallest absolute Gasteiger partial charge is 0.163 e. The SMILES string of the molecule is CC1(C)CC(=O)C2=C(C1)O[C@]1(N)CCC[C@H]2C1. The first-order valence-corrected chi connectivity index (χ1v) is 6.63. The lowest BCUT2D eigenvalue weighted by Crippen LogP contribution is -2.52. The fourth-order valence-electron chi connectivity index (χ4n) is 3.68. The van der Waals surface area contributed by atoms with E-state index in [-0.39, 0.29) is 5.41 Å². The number of fused-ring (bicyclic) bond motifs is 3. The second-order valence-electron chi connectivity index (χ2n) is 6.74. The first kappa shape index (κ1) is 11.3. The Morgan fingerprint density at radius 1 is 1.35 bits per heavy atom. The Morgan fingerprint density at radius 2 is 2.12 bits per heavy atom. The fraction of sp³-hybridized carbons (Fsp3) is 0.786. The molecule has 3 heteroatoms. The molecule has 2 aliphatic carbocycles. The lowest BCUT2D eigenvalue weighted by atomic mass is 9.68. The molecule has 94 valence electrons. The van der Waals surface area contributed by atoms with E-state index in [9.17, 15) is 4.79 Å². The summed E-state index contributed by atoms with van der Waals surface area (Å²) in [6.07, 6.45) is 5.46. The van der Waals surface area contributed by atoms with Gasteiger partial charge in [0.2, 0.25) is 0 Å². The highest BCUT2D eigenvalue weighted by Gasteiger charge is 2.47. The van der Waals surface area contributed by atoms with Gasteiger partial charge in [-0.25, -0.2) is 0 Å². The fourth-order valence-corrected chi connectivity index (χ4v) is 3.68. The topological polar surface area (TPSA) is 52.3 Å². The predicted molar refractivity (Wildman–Crippen MR) is 65.0 cm³/mol. The van der Waals surface area contributed by atoms with Crippen molar-refractivity contribution in [3.63, 3.8) is 0 Å². The maximum Gasteiger partial charge on any atom is 0.163 e. The summed E-state index contributed by atoms with van der Waals surface area (Å²) in [5.41, 5.74) is 6.79. The molecule has 0 aromatic heterocycles.